The van der Waals surface area contributed by atoms with Crippen molar-refractivity contribution in [3.8, 4) is 17.5 Å². The van der Waals surface area contributed by atoms with E-state index in [-0.39, 0.29) is 0 Å². The van der Waals surface area contributed by atoms with Crippen LogP contribution in [-0.4, -0.2) is 16.7 Å². The highest BCUT2D eigenvalue weighted by Crippen LogP contribution is 2.22. The van der Waals surface area contributed by atoms with Crippen LogP contribution in [0, 0.1) is 18.3 Å². The van der Waals surface area contributed by atoms with Crippen LogP contribution in [0.15, 0.2) is 22.7 Å². The molecular formula is C12H14N4O. The molecule has 17 heavy (non-hydrogen) atoms. The van der Waals surface area contributed by atoms with Crippen molar-refractivity contribution in [3.63, 3.8) is 0 Å². The summed E-state index contributed by atoms with van der Waals surface area (Å²) in [6.45, 7) is 3.26. The Morgan fingerprint density at radius 2 is 2.41 bits per heavy atom. The predicted octanol–water partition coefficient (Wildman–Crippen LogP) is 1.98. The second kappa shape index (κ2) is 5.32. The normalized spacial score (nSPS) is 10.4. The standard InChI is InChI=1S/C12H14N4O/c1-9-3-4-11(17-9)12-10(8-15-16-12)7-14-6-2-5-13/h3-4,8,14H,2,6-7H2,1H3,(H,15,16). The molecule has 0 bridgehead atoms. The molecule has 0 radical (unpaired) electrons. The smallest absolute Gasteiger partial charge is 0.152 e. The monoisotopic (exact) mass is 230 g/mol. The number of aryl methyl sites for hydroxylation is 1. The number of aromatic nitrogens is 2. The van der Waals surface area contributed by atoms with E-state index in [9.17, 15) is 0 Å². The summed E-state index contributed by atoms with van der Waals surface area (Å²) in [5.41, 5.74) is 1.93. The fraction of sp³-hybridized carbons (Fsp3) is 0.333. The van der Waals surface area contributed by atoms with Crippen LogP contribution in [0.25, 0.3) is 11.5 Å². The van der Waals surface area contributed by atoms with Gasteiger partial charge in [0.2, 0.25) is 0 Å². The zero-order valence-electron chi connectivity index (χ0n) is 9.66. The van der Waals surface area contributed by atoms with Gasteiger partial charge in [-0.1, -0.05) is 0 Å². The molecule has 0 atom stereocenters. The highest BCUT2D eigenvalue weighted by Gasteiger charge is 2.10. The number of aromatic amines is 1. The summed E-state index contributed by atoms with van der Waals surface area (Å²) in [6.07, 6.45) is 2.28. The third kappa shape index (κ3) is 2.74. The van der Waals surface area contributed by atoms with Gasteiger partial charge in [0.05, 0.1) is 12.3 Å². The average Bonchev–Trinajstić information content (AvgIpc) is 2.93. The first-order valence-corrected chi connectivity index (χ1v) is 5.48. The van der Waals surface area contributed by atoms with Gasteiger partial charge < -0.3 is 9.73 Å². The number of nitrogens with one attached hydrogen (secondary N) is 2. The molecule has 0 aliphatic carbocycles. The van der Waals surface area contributed by atoms with E-state index in [1.165, 1.54) is 0 Å². The highest BCUT2D eigenvalue weighted by atomic mass is 16.3. The lowest BCUT2D eigenvalue weighted by Crippen LogP contribution is -2.14. The first kappa shape index (κ1) is 11.4. The summed E-state index contributed by atoms with van der Waals surface area (Å²) >= 11 is 0. The number of hydrogen-bond donors (Lipinski definition) is 2. The molecule has 0 amide bonds. The predicted molar refractivity (Wildman–Crippen MR) is 63.0 cm³/mol. The molecule has 5 heteroatoms. The third-order valence-electron chi connectivity index (χ3n) is 2.43. The van der Waals surface area contributed by atoms with Gasteiger partial charge in [-0.3, -0.25) is 5.10 Å². The fourth-order valence-electron chi connectivity index (χ4n) is 1.59. The number of hydrogen-bond acceptors (Lipinski definition) is 4. The lowest BCUT2D eigenvalue weighted by atomic mass is 10.2. The van der Waals surface area contributed by atoms with Crippen molar-refractivity contribution < 1.29 is 4.42 Å². The minimum absolute atomic E-state index is 0.507. The van der Waals surface area contributed by atoms with Crippen molar-refractivity contribution in [2.45, 2.75) is 19.9 Å². The van der Waals surface area contributed by atoms with Gasteiger partial charge in [-0.25, -0.2) is 0 Å². The van der Waals surface area contributed by atoms with Gasteiger partial charge in [-0.05, 0) is 19.1 Å². The van der Waals surface area contributed by atoms with Crippen LogP contribution in [0.2, 0.25) is 0 Å². The molecule has 0 aromatic carbocycles. The van der Waals surface area contributed by atoms with Gasteiger partial charge in [0.15, 0.2) is 5.76 Å². The summed E-state index contributed by atoms with van der Waals surface area (Å²) in [7, 11) is 0. The third-order valence-corrected chi connectivity index (χ3v) is 2.43. The summed E-state index contributed by atoms with van der Waals surface area (Å²) in [4.78, 5) is 0. The van der Waals surface area contributed by atoms with E-state index in [1.54, 1.807) is 6.20 Å². The lowest BCUT2D eigenvalue weighted by Gasteiger charge is -2.01. The molecular weight excluding hydrogens is 216 g/mol. The zero-order chi connectivity index (χ0) is 12.1. The largest absolute Gasteiger partial charge is 0.460 e. The second-order valence-electron chi connectivity index (χ2n) is 3.77. The molecule has 0 fully saturated rings. The summed E-state index contributed by atoms with van der Waals surface area (Å²) in [5.74, 6) is 1.66. The average molecular weight is 230 g/mol. The van der Waals surface area contributed by atoms with Gasteiger partial charge in [0.1, 0.15) is 11.5 Å². The molecule has 0 saturated carbocycles. The van der Waals surface area contributed by atoms with Crippen LogP contribution in [0.3, 0.4) is 0 Å². The molecule has 0 unspecified atom stereocenters. The summed E-state index contributed by atoms with van der Waals surface area (Å²) < 4.78 is 5.54. The molecule has 2 aromatic rings. The number of nitriles is 1. The van der Waals surface area contributed by atoms with E-state index in [2.05, 4.69) is 21.6 Å². The Morgan fingerprint density at radius 1 is 1.53 bits per heavy atom. The minimum Gasteiger partial charge on any atom is -0.460 e. The number of furan rings is 1. The topological polar surface area (TPSA) is 77.6 Å². The van der Waals surface area contributed by atoms with Crippen molar-refractivity contribution in [2.24, 2.45) is 0 Å². The molecule has 88 valence electrons. The molecule has 0 aliphatic rings. The molecule has 0 saturated heterocycles. The van der Waals surface area contributed by atoms with Gasteiger partial charge in [0, 0.05) is 25.1 Å². The molecule has 2 aromatic heterocycles. The lowest BCUT2D eigenvalue weighted by molar-refractivity contribution is 0.545. The van der Waals surface area contributed by atoms with Gasteiger partial charge in [0.25, 0.3) is 0 Å². The van der Waals surface area contributed by atoms with Gasteiger partial charge in [-0.15, -0.1) is 0 Å². The van der Waals surface area contributed by atoms with Crippen LogP contribution in [-0.2, 0) is 6.54 Å². The Kier molecular flexibility index (Phi) is 3.58. The molecule has 0 spiro atoms. The Bertz CT molecular complexity index is 521. The Labute approximate surface area is 99.4 Å². The van der Waals surface area contributed by atoms with Crippen molar-refractivity contribution in [1.82, 2.24) is 15.5 Å². The number of nitrogens with zero attached hydrogens (tertiary/aromatic N) is 2. The first-order chi connectivity index (χ1) is 8.31. The van der Waals surface area contributed by atoms with Crippen LogP contribution in [0.1, 0.15) is 17.7 Å². The Morgan fingerprint density at radius 3 is 3.12 bits per heavy atom. The first-order valence-electron chi connectivity index (χ1n) is 5.48. The highest BCUT2D eigenvalue weighted by molar-refractivity contribution is 5.56. The maximum Gasteiger partial charge on any atom is 0.152 e. The number of H-pyrrole nitrogens is 1. The zero-order valence-corrected chi connectivity index (χ0v) is 9.66. The van der Waals surface area contributed by atoms with Crippen LogP contribution in [0.5, 0.6) is 0 Å². The van der Waals surface area contributed by atoms with E-state index in [4.69, 9.17) is 9.68 Å². The molecule has 2 rings (SSSR count). The SMILES string of the molecule is Cc1ccc(-c2[nH]ncc2CNCCC#N)o1. The molecule has 0 aliphatic heterocycles. The van der Waals surface area contributed by atoms with Gasteiger partial charge in [-0.2, -0.15) is 10.4 Å². The van der Waals surface area contributed by atoms with Crippen molar-refractivity contribution in [2.75, 3.05) is 6.54 Å². The molecule has 2 heterocycles. The van der Waals surface area contributed by atoms with Crippen molar-refractivity contribution in [1.29, 1.82) is 5.26 Å². The van der Waals surface area contributed by atoms with E-state index in [0.29, 0.717) is 19.5 Å². The Balaban J connectivity index is 2.05. The minimum atomic E-state index is 0.507. The van der Waals surface area contributed by atoms with E-state index < -0.39 is 0 Å². The van der Waals surface area contributed by atoms with Crippen molar-refractivity contribution in [3.05, 3.63) is 29.7 Å². The second-order valence-corrected chi connectivity index (χ2v) is 3.77. The maximum absolute atomic E-state index is 8.44. The van der Waals surface area contributed by atoms with Crippen LogP contribution < -0.4 is 5.32 Å². The van der Waals surface area contributed by atoms with E-state index >= 15 is 0 Å². The maximum atomic E-state index is 8.44. The molecule has 5 nitrogen and oxygen atoms in total. The Hall–Kier alpha value is -2.06. The quantitative estimate of drug-likeness (QED) is 0.770. The summed E-state index contributed by atoms with van der Waals surface area (Å²) in [5, 5.41) is 18.6. The van der Waals surface area contributed by atoms with Crippen LogP contribution >= 0.6 is 0 Å². The van der Waals surface area contributed by atoms with Crippen LogP contribution in [0.4, 0.5) is 0 Å². The molecule has 2 N–H and O–H groups in total. The number of rotatable bonds is 5. The van der Waals surface area contributed by atoms with E-state index in [0.717, 1.165) is 22.8 Å². The van der Waals surface area contributed by atoms with E-state index in [1.807, 2.05) is 19.1 Å². The van der Waals surface area contributed by atoms with Gasteiger partial charge >= 0.3 is 0 Å². The fourth-order valence-corrected chi connectivity index (χ4v) is 1.59. The summed E-state index contributed by atoms with van der Waals surface area (Å²) in [6, 6.07) is 5.93. The van der Waals surface area contributed by atoms with Crippen molar-refractivity contribution >= 4 is 0 Å².